The second-order valence-electron chi connectivity index (χ2n) is 9.17. The van der Waals surface area contributed by atoms with E-state index in [1.54, 1.807) is 53.6 Å². The number of piperazine rings is 1. The fourth-order valence-corrected chi connectivity index (χ4v) is 6.04. The summed E-state index contributed by atoms with van der Waals surface area (Å²) in [7, 11) is -2.57. The van der Waals surface area contributed by atoms with Crippen LogP contribution in [0.15, 0.2) is 77.8 Å². The van der Waals surface area contributed by atoms with Crippen molar-refractivity contribution >= 4 is 44.1 Å². The Balaban J connectivity index is 1.27. The lowest BCUT2D eigenvalue weighted by Crippen LogP contribution is -2.48. The number of methoxy groups -OCH3 is 1. The lowest BCUT2D eigenvalue weighted by molar-refractivity contribution is 0.0628. The van der Waals surface area contributed by atoms with Gasteiger partial charge in [0.15, 0.2) is 0 Å². The van der Waals surface area contributed by atoms with E-state index in [0.29, 0.717) is 49.2 Å². The van der Waals surface area contributed by atoms with Crippen molar-refractivity contribution in [1.82, 2.24) is 14.8 Å². The van der Waals surface area contributed by atoms with Gasteiger partial charge in [0.1, 0.15) is 16.5 Å². The molecule has 1 aliphatic heterocycles. The van der Waals surface area contributed by atoms with Crippen LogP contribution in [0.2, 0.25) is 5.02 Å². The molecule has 1 N–H and O–H groups in total. The molecule has 1 fully saturated rings. The van der Waals surface area contributed by atoms with Crippen molar-refractivity contribution in [1.29, 1.82) is 0 Å². The number of carbonyl (C=O) groups excluding carboxylic acids is 1. The van der Waals surface area contributed by atoms with E-state index >= 15 is 0 Å². The molecule has 0 unspecified atom stereocenters. The monoisotopic (exact) mass is 568 g/mol. The summed E-state index contributed by atoms with van der Waals surface area (Å²) in [6.07, 6.45) is 1.54. The predicted molar refractivity (Wildman–Crippen MR) is 148 cm³/mol. The molecule has 1 amide bonds. The van der Waals surface area contributed by atoms with E-state index in [4.69, 9.17) is 16.3 Å². The van der Waals surface area contributed by atoms with Gasteiger partial charge in [-0.2, -0.15) is 0 Å². The average molecular weight is 569 g/mol. The Morgan fingerprint density at radius 3 is 2.56 bits per heavy atom. The molecular weight excluding hydrogens is 543 g/mol. The van der Waals surface area contributed by atoms with Crippen molar-refractivity contribution in [2.24, 2.45) is 0 Å². The van der Waals surface area contributed by atoms with Crippen molar-refractivity contribution in [3.05, 3.63) is 94.9 Å². The number of benzene rings is 3. The second-order valence-corrected chi connectivity index (χ2v) is 11.2. The summed E-state index contributed by atoms with van der Waals surface area (Å²) in [5, 5.41) is 0.796. The zero-order chi connectivity index (χ0) is 27.6. The number of sulfonamides is 1. The Labute approximate surface area is 231 Å². The molecule has 39 heavy (non-hydrogen) atoms. The van der Waals surface area contributed by atoms with Crippen LogP contribution in [0.4, 0.5) is 10.1 Å². The average Bonchev–Trinajstić information content (AvgIpc) is 2.95. The number of amides is 1. The molecule has 0 spiro atoms. The van der Waals surface area contributed by atoms with Gasteiger partial charge in [0.05, 0.1) is 23.3 Å². The van der Waals surface area contributed by atoms with Crippen LogP contribution in [-0.2, 0) is 16.6 Å². The molecule has 3 aromatic carbocycles. The Kier molecular flexibility index (Phi) is 7.69. The van der Waals surface area contributed by atoms with E-state index in [2.05, 4.69) is 14.6 Å². The molecule has 2 heterocycles. The normalized spacial score (nSPS) is 14.4. The summed E-state index contributed by atoms with van der Waals surface area (Å²) in [5.74, 6) is -0.398. The first kappa shape index (κ1) is 26.9. The number of halogens is 2. The Morgan fingerprint density at radius 2 is 1.82 bits per heavy atom. The summed E-state index contributed by atoms with van der Waals surface area (Å²) in [6, 6.07) is 17.8. The van der Waals surface area contributed by atoms with Crippen LogP contribution < -0.4 is 9.46 Å². The zero-order valence-corrected chi connectivity index (χ0v) is 22.7. The Hall–Kier alpha value is -3.73. The highest BCUT2D eigenvalue weighted by Crippen LogP contribution is 2.30. The maximum Gasteiger partial charge on any atom is 0.264 e. The summed E-state index contributed by atoms with van der Waals surface area (Å²) < 4.78 is 47.9. The maximum atomic E-state index is 13.4. The maximum absolute atomic E-state index is 13.4. The third kappa shape index (κ3) is 5.83. The highest BCUT2D eigenvalue weighted by Gasteiger charge is 2.25. The summed E-state index contributed by atoms with van der Waals surface area (Å²) in [5.41, 5.74) is 1.87. The van der Waals surface area contributed by atoms with Gasteiger partial charge in [-0.15, -0.1) is 0 Å². The fourth-order valence-electron chi connectivity index (χ4n) is 4.59. The number of ether oxygens (including phenoxy) is 1. The van der Waals surface area contributed by atoms with E-state index in [-0.39, 0.29) is 27.3 Å². The van der Waals surface area contributed by atoms with Gasteiger partial charge >= 0.3 is 0 Å². The number of nitrogens with zero attached hydrogens (tertiary/aromatic N) is 3. The largest absolute Gasteiger partial charge is 0.495 e. The number of anilines is 1. The standard InChI is InChI=1S/C28H26ClFN4O4S/c1-38-25-17-21(28(35)34-14-12-33(13-15-34)18-19-7-9-23(30)22(29)16-19)8-10-24(25)32-39(36,37)26-6-2-4-20-5-3-11-31-27(20)26/h2-11,16-17,32H,12-15,18H2,1H3. The second kappa shape index (κ2) is 11.2. The smallest absolute Gasteiger partial charge is 0.264 e. The van der Waals surface area contributed by atoms with Crippen LogP contribution in [0.3, 0.4) is 0 Å². The van der Waals surface area contributed by atoms with Gasteiger partial charge in [-0.1, -0.05) is 35.9 Å². The van der Waals surface area contributed by atoms with Gasteiger partial charge in [-0.05, 0) is 48.0 Å². The molecule has 1 aliphatic rings. The van der Waals surface area contributed by atoms with E-state index in [1.165, 1.54) is 31.4 Å². The van der Waals surface area contributed by atoms with Gasteiger partial charge in [-0.3, -0.25) is 19.4 Å². The molecular formula is C28H26ClFN4O4S. The van der Waals surface area contributed by atoms with Crippen LogP contribution >= 0.6 is 11.6 Å². The molecule has 11 heteroatoms. The molecule has 202 valence electrons. The third-order valence-electron chi connectivity index (χ3n) is 6.63. The first-order valence-electron chi connectivity index (χ1n) is 12.3. The van der Waals surface area contributed by atoms with E-state index in [9.17, 15) is 17.6 Å². The van der Waals surface area contributed by atoms with Gasteiger partial charge in [-0.25, -0.2) is 12.8 Å². The Morgan fingerprint density at radius 1 is 1.05 bits per heavy atom. The molecule has 0 saturated carbocycles. The molecule has 4 aromatic rings. The summed E-state index contributed by atoms with van der Waals surface area (Å²) in [4.78, 5) is 21.4. The van der Waals surface area contributed by atoms with Gasteiger partial charge in [0.25, 0.3) is 15.9 Å². The molecule has 1 aromatic heterocycles. The van der Waals surface area contributed by atoms with Gasteiger partial charge in [0, 0.05) is 49.9 Å². The highest BCUT2D eigenvalue weighted by atomic mass is 35.5. The van der Waals surface area contributed by atoms with Crippen molar-refractivity contribution in [3.63, 3.8) is 0 Å². The quantitative estimate of drug-likeness (QED) is 0.344. The topological polar surface area (TPSA) is 91.8 Å². The number of hydrogen-bond acceptors (Lipinski definition) is 6. The van der Waals surface area contributed by atoms with E-state index in [0.717, 1.165) is 5.56 Å². The lowest BCUT2D eigenvalue weighted by Gasteiger charge is -2.35. The molecule has 0 atom stereocenters. The van der Waals surface area contributed by atoms with Crippen LogP contribution in [0.25, 0.3) is 10.9 Å². The van der Waals surface area contributed by atoms with Crippen molar-refractivity contribution in [2.75, 3.05) is 38.0 Å². The zero-order valence-electron chi connectivity index (χ0n) is 21.1. The first-order valence-corrected chi connectivity index (χ1v) is 14.1. The SMILES string of the molecule is COc1cc(C(=O)N2CCN(Cc3ccc(F)c(Cl)c3)CC2)ccc1NS(=O)(=O)c1cccc2cccnc12. The van der Waals surface area contributed by atoms with Gasteiger partial charge in [0.2, 0.25) is 0 Å². The number of rotatable bonds is 7. The highest BCUT2D eigenvalue weighted by molar-refractivity contribution is 7.93. The van der Waals surface area contributed by atoms with Gasteiger partial charge < -0.3 is 9.64 Å². The number of hydrogen-bond donors (Lipinski definition) is 1. The van der Waals surface area contributed by atoms with Crippen molar-refractivity contribution in [3.8, 4) is 5.75 Å². The Bertz CT molecular complexity index is 1640. The van der Waals surface area contributed by atoms with Crippen molar-refractivity contribution < 1.29 is 22.3 Å². The minimum Gasteiger partial charge on any atom is -0.495 e. The minimum absolute atomic E-state index is 0.0450. The molecule has 8 nitrogen and oxygen atoms in total. The van der Waals surface area contributed by atoms with Crippen LogP contribution in [0, 0.1) is 5.82 Å². The molecule has 1 saturated heterocycles. The molecule has 0 aliphatic carbocycles. The van der Waals surface area contributed by atoms with E-state index in [1.807, 2.05) is 0 Å². The van der Waals surface area contributed by atoms with Crippen LogP contribution in [0.1, 0.15) is 15.9 Å². The molecule has 0 radical (unpaired) electrons. The lowest BCUT2D eigenvalue weighted by atomic mass is 10.1. The number of nitrogens with one attached hydrogen (secondary N) is 1. The van der Waals surface area contributed by atoms with Crippen LogP contribution in [0.5, 0.6) is 5.75 Å². The number of carbonyl (C=O) groups is 1. The number of aromatic nitrogens is 1. The number of pyridine rings is 1. The number of fused-ring (bicyclic) bond motifs is 1. The third-order valence-corrected chi connectivity index (χ3v) is 8.31. The minimum atomic E-state index is -3.99. The van der Waals surface area contributed by atoms with Crippen molar-refractivity contribution in [2.45, 2.75) is 11.4 Å². The summed E-state index contributed by atoms with van der Waals surface area (Å²) in [6.45, 7) is 2.93. The molecule has 0 bridgehead atoms. The molecule has 5 rings (SSSR count). The summed E-state index contributed by atoms with van der Waals surface area (Å²) >= 11 is 5.89. The number of para-hydroxylation sites is 1. The predicted octanol–water partition coefficient (Wildman–Crippen LogP) is 4.79. The van der Waals surface area contributed by atoms with E-state index < -0.39 is 15.8 Å². The first-order chi connectivity index (χ1) is 18.7. The van der Waals surface area contributed by atoms with Crippen LogP contribution in [-0.4, -0.2) is 62.4 Å². The fraction of sp³-hybridized carbons (Fsp3) is 0.214.